The second-order valence-corrected chi connectivity index (χ2v) is 7.49. The number of nitrogens with one attached hydrogen (secondary N) is 1. The summed E-state index contributed by atoms with van der Waals surface area (Å²) in [6.07, 6.45) is 2.00. The van der Waals surface area contributed by atoms with Crippen LogP contribution in [0.1, 0.15) is 18.3 Å². The first-order valence-electron chi connectivity index (χ1n) is 10.5. The summed E-state index contributed by atoms with van der Waals surface area (Å²) in [4.78, 5) is 5.07. The average Bonchev–Trinajstić information content (AvgIpc) is 3.26. The summed E-state index contributed by atoms with van der Waals surface area (Å²) in [7, 11) is 0. The van der Waals surface area contributed by atoms with E-state index in [2.05, 4.69) is 64.9 Å². The van der Waals surface area contributed by atoms with Crippen molar-refractivity contribution in [3.8, 4) is 22.4 Å². The molecule has 154 valence electrons. The van der Waals surface area contributed by atoms with E-state index in [1.807, 2.05) is 34.9 Å². The van der Waals surface area contributed by atoms with Crippen molar-refractivity contribution in [2.45, 2.75) is 20.0 Å². The highest BCUT2D eigenvalue weighted by Crippen LogP contribution is 2.34. The Balaban J connectivity index is 1.75. The summed E-state index contributed by atoms with van der Waals surface area (Å²) in [6.45, 7) is 4.16. The highest BCUT2D eigenvalue weighted by Gasteiger charge is 2.15. The lowest BCUT2D eigenvalue weighted by atomic mass is 9.97. The zero-order chi connectivity index (χ0) is 21.2. The van der Waals surface area contributed by atoms with Crippen LogP contribution in [0, 0.1) is 0 Å². The van der Waals surface area contributed by atoms with Crippen LogP contribution in [-0.4, -0.2) is 26.1 Å². The molecule has 0 unspecified atom stereocenters. The van der Waals surface area contributed by atoms with Crippen molar-refractivity contribution in [2.24, 2.45) is 5.73 Å². The molecule has 0 radical (unpaired) electrons. The molecule has 0 atom stereocenters. The normalized spacial score (nSPS) is 11.4. The van der Waals surface area contributed by atoms with Crippen molar-refractivity contribution >= 4 is 16.6 Å². The number of hydrogen-bond donors (Lipinski definition) is 2. The summed E-state index contributed by atoms with van der Waals surface area (Å²) in [5.41, 5.74) is 12.8. The van der Waals surface area contributed by atoms with E-state index in [1.54, 1.807) is 0 Å². The molecule has 0 aliphatic rings. The molecule has 0 fully saturated rings. The molecule has 2 aromatic carbocycles. The SMILES string of the molecule is CCNCc1nnc2c3cc(-c4ccccc4)c(-c4ccc(CN)cc4)nc3ccn12. The van der Waals surface area contributed by atoms with E-state index in [0.29, 0.717) is 13.1 Å². The Kier molecular flexibility index (Phi) is 5.16. The van der Waals surface area contributed by atoms with Crippen molar-refractivity contribution in [1.82, 2.24) is 24.9 Å². The molecule has 5 aromatic rings. The molecular weight excluding hydrogens is 384 g/mol. The van der Waals surface area contributed by atoms with Gasteiger partial charge >= 0.3 is 0 Å². The van der Waals surface area contributed by atoms with Gasteiger partial charge in [-0.3, -0.25) is 4.40 Å². The number of nitrogens with zero attached hydrogens (tertiary/aromatic N) is 4. The van der Waals surface area contributed by atoms with Crippen molar-refractivity contribution in [3.05, 3.63) is 84.3 Å². The Morgan fingerprint density at radius 3 is 2.48 bits per heavy atom. The van der Waals surface area contributed by atoms with Crippen LogP contribution in [0.4, 0.5) is 0 Å². The van der Waals surface area contributed by atoms with Crippen LogP contribution >= 0.6 is 0 Å². The number of hydrogen-bond acceptors (Lipinski definition) is 5. The Labute approximate surface area is 180 Å². The van der Waals surface area contributed by atoms with E-state index in [-0.39, 0.29) is 0 Å². The average molecular weight is 409 g/mol. The molecule has 6 nitrogen and oxygen atoms in total. The van der Waals surface area contributed by atoms with Crippen LogP contribution in [0.15, 0.2) is 72.9 Å². The van der Waals surface area contributed by atoms with Crippen LogP contribution in [0.3, 0.4) is 0 Å². The van der Waals surface area contributed by atoms with Crippen LogP contribution in [0.2, 0.25) is 0 Å². The fourth-order valence-corrected chi connectivity index (χ4v) is 3.86. The maximum atomic E-state index is 5.78. The summed E-state index contributed by atoms with van der Waals surface area (Å²) < 4.78 is 2.04. The molecule has 5 rings (SSSR count). The first-order valence-corrected chi connectivity index (χ1v) is 10.5. The van der Waals surface area contributed by atoms with Gasteiger partial charge in [0.05, 0.1) is 17.8 Å². The first kappa shape index (κ1) is 19.4. The van der Waals surface area contributed by atoms with Crippen molar-refractivity contribution in [3.63, 3.8) is 0 Å². The Bertz CT molecular complexity index is 1340. The van der Waals surface area contributed by atoms with Crippen LogP contribution in [0.5, 0.6) is 0 Å². The van der Waals surface area contributed by atoms with Crippen LogP contribution < -0.4 is 11.1 Å². The van der Waals surface area contributed by atoms with E-state index in [0.717, 1.165) is 56.9 Å². The first-order chi connectivity index (χ1) is 15.3. The molecular formula is C25H24N6. The maximum absolute atomic E-state index is 5.78. The minimum absolute atomic E-state index is 0.525. The second kappa shape index (κ2) is 8.26. The van der Waals surface area contributed by atoms with Gasteiger partial charge in [0.2, 0.25) is 0 Å². The van der Waals surface area contributed by atoms with Gasteiger partial charge < -0.3 is 11.1 Å². The van der Waals surface area contributed by atoms with E-state index in [4.69, 9.17) is 10.7 Å². The van der Waals surface area contributed by atoms with Gasteiger partial charge in [-0.15, -0.1) is 10.2 Å². The van der Waals surface area contributed by atoms with E-state index in [1.165, 1.54) is 0 Å². The minimum Gasteiger partial charge on any atom is -0.326 e. The number of fused-ring (bicyclic) bond motifs is 3. The van der Waals surface area contributed by atoms with Gasteiger partial charge in [0.15, 0.2) is 11.5 Å². The van der Waals surface area contributed by atoms with Crippen molar-refractivity contribution in [2.75, 3.05) is 6.54 Å². The van der Waals surface area contributed by atoms with Crippen LogP contribution in [0.25, 0.3) is 38.9 Å². The Morgan fingerprint density at radius 2 is 1.74 bits per heavy atom. The molecule has 3 N–H and O–H groups in total. The van der Waals surface area contributed by atoms with Crippen molar-refractivity contribution in [1.29, 1.82) is 0 Å². The number of pyridine rings is 2. The fraction of sp³-hybridized carbons (Fsp3) is 0.160. The summed E-state index contributed by atoms with van der Waals surface area (Å²) in [5, 5.41) is 13.2. The third-order valence-electron chi connectivity index (χ3n) is 5.52. The zero-order valence-electron chi connectivity index (χ0n) is 17.4. The van der Waals surface area contributed by atoms with Gasteiger partial charge in [0, 0.05) is 29.3 Å². The smallest absolute Gasteiger partial charge is 0.170 e. The Morgan fingerprint density at radius 1 is 0.935 bits per heavy atom. The van der Waals surface area contributed by atoms with E-state index < -0.39 is 0 Å². The molecule has 0 amide bonds. The molecule has 0 bridgehead atoms. The largest absolute Gasteiger partial charge is 0.326 e. The predicted molar refractivity (Wildman–Crippen MR) is 124 cm³/mol. The number of benzene rings is 2. The lowest BCUT2D eigenvalue weighted by Crippen LogP contribution is -2.14. The second-order valence-electron chi connectivity index (χ2n) is 7.49. The summed E-state index contributed by atoms with van der Waals surface area (Å²) in [5.74, 6) is 0.890. The monoisotopic (exact) mass is 408 g/mol. The van der Waals surface area contributed by atoms with Gasteiger partial charge in [-0.1, -0.05) is 61.5 Å². The third-order valence-corrected chi connectivity index (χ3v) is 5.52. The standard InChI is InChI=1S/C25H24N6/c1-2-27-16-23-29-30-25-21-14-20(18-6-4-3-5-7-18)24(28-22(21)12-13-31(23)25)19-10-8-17(15-26)9-11-19/h3-14,27H,2,15-16,26H2,1H3. The van der Waals surface area contributed by atoms with Gasteiger partial charge in [0.1, 0.15) is 0 Å². The number of rotatable bonds is 6. The summed E-state index contributed by atoms with van der Waals surface area (Å²) >= 11 is 0. The van der Waals surface area contributed by atoms with Crippen molar-refractivity contribution < 1.29 is 0 Å². The maximum Gasteiger partial charge on any atom is 0.170 e. The van der Waals surface area contributed by atoms with Gasteiger partial charge in [0.25, 0.3) is 0 Å². The molecule has 6 heteroatoms. The molecule has 31 heavy (non-hydrogen) atoms. The molecule has 0 saturated heterocycles. The lowest BCUT2D eigenvalue weighted by Gasteiger charge is -2.13. The summed E-state index contributed by atoms with van der Waals surface area (Å²) in [6, 6.07) is 22.9. The highest BCUT2D eigenvalue weighted by atomic mass is 15.3. The zero-order valence-corrected chi connectivity index (χ0v) is 17.4. The number of aromatic nitrogens is 4. The quantitative estimate of drug-likeness (QED) is 0.441. The molecule has 0 saturated carbocycles. The van der Waals surface area contributed by atoms with E-state index in [9.17, 15) is 0 Å². The molecule has 3 aromatic heterocycles. The lowest BCUT2D eigenvalue weighted by molar-refractivity contribution is 0.683. The van der Waals surface area contributed by atoms with Crippen LogP contribution in [-0.2, 0) is 13.1 Å². The Hall–Kier alpha value is -3.61. The topological polar surface area (TPSA) is 81.1 Å². The molecule has 0 aliphatic heterocycles. The highest BCUT2D eigenvalue weighted by molar-refractivity contribution is 5.98. The van der Waals surface area contributed by atoms with Gasteiger partial charge in [-0.05, 0) is 29.8 Å². The minimum atomic E-state index is 0.525. The van der Waals surface area contributed by atoms with E-state index >= 15 is 0 Å². The molecule has 3 heterocycles. The van der Waals surface area contributed by atoms with Gasteiger partial charge in [-0.2, -0.15) is 0 Å². The molecule has 0 spiro atoms. The predicted octanol–water partition coefficient (Wildman–Crippen LogP) is 4.18. The molecule has 0 aliphatic carbocycles. The third kappa shape index (κ3) is 3.56. The number of nitrogens with two attached hydrogens (primary N) is 1. The van der Waals surface area contributed by atoms with Gasteiger partial charge in [-0.25, -0.2) is 4.98 Å². The fourth-order valence-electron chi connectivity index (χ4n) is 3.86.